The van der Waals surface area contributed by atoms with Crippen LogP contribution in [0.5, 0.6) is 0 Å². The molecule has 17 heavy (non-hydrogen) atoms. The third kappa shape index (κ3) is 14.9. The van der Waals surface area contributed by atoms with Crippen LogP contribution < -0.4 is 0 Å². The summed E-state index contributed by atoms with van der Waals surface area (Å²) in [5, 5.41) is 0. The van der Waals surface area contributed by atoms with Gasteiger partial charge >= 0.3 is 5.97 Å². The lowest BCUT2D eigenvalue weighted by atomic mass is 10.1. The average molecular weight is 240 g/mol. The lowest BCUT2D eigenvalue weighted by molar-refractivity contribution is -0.143. The minimum absolute atomic E-state index is 0. The summed E-state index contributed by atoms with van der Waals surface area (Å²) in [7, 11) is 0. The van der Waals surface area contributed by atoms with Crippen LogP contribution in [-0.2, 0) is 9.53 Å². The van der Waals surface area contributed by atoms with Crippen molar-refractivity contribution in [2.75, 3.05) is 6.61 Å². The summed E-state index contributed by atoms with van der Waals surface area (Å²) >= 11 is 0. The van der Waals surface area contributed by atoms with Gasteiger partial charge in [0.1, 0.15) is 6.61 Å². The average Bonchev–Trinajstić information content (AvgIpc) is 2.14. The summed E-state index contributed by atoms with van der Waals surface area (Å²) in [6.07, 6.45) is 8.74. The first-order chi connectivity index (χ1) is 7.52. The molecular weight excluding hydrogens is 212 g/mol. The second-order valence-corrected chi connectivity index (χ2v) is 4.61. The summed E-state index contributed by atoms with van der Waals surface area (Å²) in [6.45, 7) is 8.61. The van der Waals surface area contributed by atoms with Gasteiger partial charge in [-0.2, -0.15) is 0 Å². The maximum atomic E-state index is 11.2. The predicted octanol–water partition coefficient (Wildman–Crippen LogP) is 4.51. The fourth-order valence-corrected chi connectivity index (χ4v) is 1.19. The van der Waals surface area contributed by atoms with Crippen LogP contribution in [0.25, 0.3) is 0 Å². The second-order valence-electron chi connectivity index (χ2n) is 4.61. The van der Waals surface area contributed by atoms with Crippen LogP contribution in [0, 0.1) is 5.92 Å². The van der Waals surface area contributed by atoms with Gasteiger partial charge < -0.3 is 4.74 Å². The number of carbonyl (C=O) groups is 1. The molecule has 0 radical (unpaired) electrons. The Bertz CT molecular complexity index is 246. The first kappa shape index (κ1) is 18.3. The molecule has 0 heterocycles. The van der Waals surface area contributed by atoms with E-state index in [9.17, 15) is 4.79 Å². The molecule has 0 rings (SSSR count). The Morgan fingerprint density at radius 2 is 1.82 bits per heavy atom. The molecule has 0 aromatic rings. The van der Waals surface area contributed by atoms with Gasteiger partial charge in [-0.15, -0.1) is 0 Å². The van der Waals surface area contributed by atoms with Crippen molar-refractivity contribution in [3.63, 3.8) is 0 Å². The zero-order chi connectivity index (χ0) is 12.4. The zero-order valence-electron chi connectivity index (χ0n) is 11.0. The molecule has 0 aliphatic rings. The first-order valence-corrected chi connectivity index (χ1v) is 5.96. The lowest BCUT2D eigenvalue weighted by Crippen LogP contribution is -2.07. The molecule has 0 saturated carbocycles. The van der Waals surface area contributed by atoms with Crippen LogP contribution in [0.15, 0.2) is 23.8 Å². The Kier molecular flexibility index (Phi) is 12.3. The molecule has 2 nitrogen and oxygen atoms in total. The smallest absolute Gasteiger partial charge is 0.306 e. The zero-order valence-corrected chi connectivity index (χ0v) is 11.0. The summed E-state index contributed by atoms with van der Waals surface area (Å²) in [5.74, 6) is 0.262. The predicted molar refractivity (Wildman–Crippen MR) is 75.0 cm³/mol. The third-order valence-corrected chi connectivity index (χ3v) is 1.97. The van der Waals surface area contributed by atoms with Crippen LogP contribution in [0.2, 0.25) is 0 Å². The molecule has 0 amide bonds. The topological polar surface area (TPSA) is 26.3 Å². The number of hydrogen-bond acceptors (Lipinski definition) is 2. The Morgan fingerprint density at radius 1 is 1.18 bits per heavy atom. The van der Waals surface area contributed by atoms with E-state index in [2.05, 4.69) is 26.0 Å². The molecule has 0 aromatic heterocycles. The van der Waals surface area contributed by atoms with E-state index in [1.165, 1.54) is 5.57 Å². The van der Waals surface area contributed by atoms with Crippen molar-refractivity contribution in [2.24, 2.45) is 5.92 Å². The van der Waals surface area contributed by atoms with Gasteiger partial charge in [-0.05, 0) is 32.6 Å². The van der Waals surface area contributed by atoms with Gasteiger partial charge in [-0.1, -0.05) is 45.1 Å². The number of unbranched alkanes of at least 4 members (excludes halogenated alkanes) is 1. The molecule has 0 atom stereocenters. The fourth-order valence-electron chi connectivity index (χ4n) is 1.19. The van der Waals surface area contributed by atoms with Crippen molar-refractivity contribution >= 4 is 5.97 Å². The molecule has 0 aliphatic heterocycles. The van der Waals surface area contributed by atoms with Crippen molar-refractivity contribution in [1.29, 1.82) is 0 Å². The van der Waals surface area contributed by atoms with Crippen molar-refractivity contribution in [3.8, 4) is 0 Å². The van der Waals surface area contributed by atoms with E-state index in [-0.39, 0.29) is 13.4 Å². The molecule has 0 fully saturated rings. The summed E-state index contributed by atoms with van der Waals surface area (Å²) < 4.78 is 5.04. The lowest BCUT2D eigenvalue weighted by Gasteiger charge is -2.03. The van der Waals surface area contributed by atoms with E-state index in [4.69, 9.17) is 4.74 Å². The van der Waals surface area contributed by atoms with Gasteiger partial charge in [-0.25, -0.2) is 0 Å². The highest BCUT2D eigenvalue weighted by molar-refractivity contribution is 5.69. The standard InChI is InChI=1S/C14H24O2.CH4/c1-12(2)9-7-5-6-8-10-16-14(15)11-13(3)4;/h6,8-9,13H,5,7,10-11H2,1-4H3;1H4/b8-6+;. The molecule has 0 aliphatic carbocycles. The minimum Gasteiger partial charge on any atom is -0.461 e. The molecule has 0 N–H and O–H groups in total. The first-order valence-electron chi connectivity index (χ1n) is 5.96. The SMILES string of the molecule is C.CC(C)=CCC/C=C/COC(=O)CC(C)C. The molecule has 0 spiro atoms. The summed E-state index contributed by atoms with van der Waals surface area (Å²) in [4.78, 5) is 11.2. The van der Waals surface area contributed by atoms with Gasteiger partial charge in [0.25, 0.3) is 0 Å². The van der Waals surface area contributed by atoms with Crippen LogP contribution in [-0.4, -0.2) is 12.6 Å². The Labute approximate surface area is 107 Å². The maximum absolute atomic E-state index is 11.2. The Balaban J connectivity index is 0. The van der Waals surface area contributed by atoms with E-state index < -0.39 is 0 Å². The molecule has 100 valence electrons. The van der Waals surface area contributed by atoms with Crippen LogP contribution >= 0.6 is 0 Å². The Hall–Kier alpha value is -1.05. The molecule has 0 aromatic carbocycles. The van der Waals surface area contributed by atoms with Crippen molar-refractivity contribution < 1.29 is 9.53 Å². The van der Waals surface area contributed by atoms with Crippen molar-refractivity contribution in [2.45, 2.75) is 54.4 Å². The Morgan fingerprint density at radius 3 is 2.35 bits per heavy atom. The molecule has 2 heteroatoms. The van der Waals surface area contributed by atoms with E-state index in [1.54, 1.807) is 0 Å². The van der Waals surface area contributed by atoms with E-state index in [1.807, 2.05) is 19.9 Å². The molecular formula is C15H28O2. The molecule has 0 saturated heterocycles. The maximum Gasteiger partial charge on any atom is 0.306 e. The largest absolute Gasteiger partial charge is 0.461 e. The van der Waals surface area contributed by atoms with Gasteiger partial charge in [0.2, 0.25) is 0 Å². The number of esters is 1. The highest BCUT2D eigenvalue weighted by atomic mass is 16.5. The number of hydrogen-bond donors (Lipinski definition) is 0. The van der Waals surface area contributed by atoms with Crippen LogP contribution in [0.4, 0.5) is 0 Å². The van der Waals surface area contributed by atoms with Crippen LogP contribution in [0.1, 0.15) is 54.4 Å². The number of ether oxygens (including phenoxy) is 1. The quantitative estimate of drug-likeness (QED) is 0.372. The van der Waals surface area contributed by atoms with Gasteiger partial charge in [0.05, 0.1) is 0 Å². The summed E-state index contributed by atoms with van der Waals surface area (Å²) in [6, 6.07) is 0. The van der Waals surface area contributed by atoms with E-state index in [0.29, 0.717) is 18.9 Å². The molecule has 0 unspecified atom stereocenters. The van der Waals surface area contributed by atoms with Gasteiger partial charge in [0.15, 0.2) is 0 Å². The van der Waals surface area contributed by atoms with Gasteiger partial charge in [0, 0.05) is 6.42 Å². The number of rotatable bonds is 7. The van der Waals surface area contributed by atoms with Gasteiger partial charge in [-0.3, -0.25) is 4.79 Å². The second kappa shape index (κ2) is 11.4. The highest BCUT2D eigenvalue weighted by Gasteiger charge is 2.03. The minimum atomic E-state index is -0.107. The van der Waals surface area contributed by atoms with Crippen molar-refractivity contribution in [3.05, 3.63) is 23.8 Å². The monoisotopic (exact) mass is 240 g/mol. The normalized spacial score (nSPS) is 10.2. The number of allylic oxidation sites excluding steroid dienone is 3. The number of carbonyl (C=O) groups excluding carboxylic acids is 1. The van der Waals surface area contributed by atoms with E-state index >= 15 is 0 Å². The third-order valence-electron chi connectivity index (χ3n) is 1.97. The highest BCUT2D eigenvalue weighted by Crippen LogP contribution is 2.01. The molecule has 0 bridgehead atoms. The van der Waals surface area contributed by atoms with Crippen LogP contribution in [0.3, 0.4) is 0 Å². The summed E-state index contributed by atoms with van der Waals surface area (Å²) in [5.41, 5.74) is 1.34. The van der Waals surface area contributed by atoms with Crippen molar-refractivity contribution in [1.82, 2.24) is 0 Å². The van der Waals surface area contributed by atoms with E-state index in [0.717, 1.165) is 12.8 Å². The fraction of sp³-hybridized carbons (Fsp3) is 0.667.